The summed E-state index contributed by atoms with van der Waals surface area (Å²) in [6, 6.07) is 11.1. The predicted molar refractivity (Wildman–Crippen MR) is 149 cm³/mol. The van der Waals surface area contributed by atoms with Gasteiger partial charge in [0.25, 0.3) is 0 Å². The molecule has 0 bridgehead atoms. The van der Waals surface area contributed by atoms with Crippen molar-refractivity contribution in [2.45, 2.75) is 97.1 Å². The van der Waals surface area contributed by atoms with Crippen molar-refractivity contribution in [2.75, 3.05) is 13.2 Å². The number of hydrogen-bond acceptors (Lipinski definition) is 1. The van der Waals surface area contributed by atoms with Gasteiger partial charge in [-0.2, -0.15) is 0 Å². The molecule has 1 unspecified atom stereocenters. The normalized spacial score (nSPS) is 19.1. The second kappa shape index (κ2) is 14.2. The van der Waals surface area contributed by atoms with Crippen LogP contribution >= 0.6 is 0 Å². The summed E-state index contributed by atoms with van der Waals surface area (Å²) >= 11 is -2.14. The number of rotatable bonds is 14. The molecule has 1 nitrogen and oxygen atoms in total. The number of hydrogen-bond donors (Lipinski definition) is 0. The SMILES string of the molecule is CCC[CH2][Sn]([CH2]CCC)([CH2]CCC)[CH2]C1COC/C1=C\C=C(/C)[Si](C)(C)c1ccccc1. The Bertz CT molecular complexity index is 700. The van der Waals surface area contributed by atoms with E-state index in [0.717, 1.165) is 13.2 Å². The van der Waals surface area contributed by atoms with Gasteiger partial charge in [-0.3, -0.25) is 0 Å². The van der Waals surface area contributed by atoms with Gasteiger partial charge < -0.3 is 0 Å². The first-order chi connectivity index (χ1) is 15.4. The average Bonchev–Trinajstić information content (AvgIpc) is 3.25. The zero-order chi connectivity index (χ0) is 23.5. The maximum atomic E-state index is 6.08. The van der Waals surface area contributed by atoms with E-state index in [-0.39, 0.29) is 0 Å². The Morgan fingerprint density at radius 3 is 2.06 bits per heavy atom. The quantitative estimate of drug-likeness (QED) is 0.207. The van der Waals surface area contributed by atoms with Crippen LogP contribution in [0.2, 0.25) is 30.8 Å². The number of benzene rings is 1. The van der Waals surface area contributed by atoms with Crippen LogP contribution in [0.3, 0.4) is 0 Å². The number of unbranched alkanes of at least 4 members (excludes halogenated alkanes) is 3. The molecule has 1 saturated heterocycles. The van der Waals surface area contributed by atoms with Gasteiger partial charge >= 0.3 is 206 Å². The van der Waals surface area contributed by atoms with E-state index in [1.807, 2.05) is 0 Å². The first-order valence-electron chi connectivity index (χ1n) is 13.4. The molecule has 1 atom stereocenters. The van der Waals surface area contributed by atoms with Crippen molar-refractivity contribution in [3.05, 3.63) is 53.3 Å². The maximum absolute atomic E-state index is 6.08. The third kappa shape index (κ3) is 8.16. The van der Waals surface area contributed by atoms with Crippen molar-refractivity contribution in [3.63, 3.8) is 0 Å². The summed E-state index contributed by atoms with van der Waals surface area (Å²) < 4.78 is 12.4. The molecule has 3 heteroatoms. The number of ether oxygens (including phenoxy) is 1. The van der Waals surface area contributed by atoms with E-state index in [4.69, 9.17) is 4.74 Å². The van der Waals surface area contributed by atoms with Crippen molar-refractivity contribution in [2.24, 2.45) is 5.92 Å². The van der Waals surface area contributed by atoms with Crippen LogP contribution in [0.4, 0.5) is 0 Å². The molecule has 2 rings (SSSR count). The van der Waals surface area contributed by atoms with Gasteiger partial charge in [-0.15, -0.1) is 0 Å². The molecule has 1 aliphatic heterocycles. The van der Waals surface area contributed by atoms with E-state index in [1.165, 1.54) is 48.1 Å². The molecule has 1 aromatic carbocycles. The molecule has 32 heavy (non-hydrogen) atoms. The molecule has 0 amide bonds. The molecule has 1 aromatic rings. The molecule has 0 N–H and O–H groups in total. The van der Waals surface area contributed by atoms with Crippen LogP contribution in [0.1, 0.15) is 66.2 Å². The Morgan fingerprint density at radius 1 is 0.969 bits per heavy atom. The van der Waals surface area contributed by atoms with Gasteiger partial charge in [0.05, 0.1) is 0 Å². The first kappa shape index (κ1) is 27.9. The Morgan fingerprint density at radius 2 is 1.53 bits per heavy atom. The molecule has 180 valence electrons. The van der Waals surface area contributed by atoms with Gasteiger partial charge in [-0.1, -0.05) is 0 Å². The molecule has 1 aliphatic rings. The van der Waals surface area contributed by atoms with Crippen molar-refractivity contribution in [1.82, 2.24) is 0 Å². The second-order valence-corrected chi connectivity index (χ2v) is 29.4. The molecule has 0 saturated carbocycles. The summed E-state index contributed by atoms with van der Waals surface area (Å²) in [6.45, 7) is 16.3. The molecular weight excluding hydrogens is 511 g/mol. The van der Waals surface area contributed by atoms with Crippen molar-refractivity contribution in [3.8, 4) is 0 Å². The van der Waals surface area contributed by atoms with Gasteiger partial charge in [0.1, 0.15) is 0 Å². The van der Waals surface area contributed by atoms with Crippen molar-refractivity contribution in [1.29, 1.82) is 0 Å². The fourth-order valence-electron chi connectivity index (χ4n) is 5.30. The minimum absolute atomic E-state index is 0.696. The zero-order valence-corrected chi connectivity index (χ0v) is 25.9. The molecule has 1 fully saturated rings. The van der Waals surface area contributed by atoms with Crippen molar-refractivity contribution < 1.29 is 4.74 Å². The van der Waals surface area contributed by atoms with E-state index < -0.39 is 26.5 Å². The van der Waals surface area contributed by atoms with E-state index in [0.29, 0.717) is 5.92 Å². The second-order valence-electron chi connectivity index (χ2n) is 10.8. The predicted octanol–water partition coefficient (Wildman–Crippen LogP) is 8.51. The summed E-state index contributed by atoms with van der Waals surface area (Å²) in [7, 11) is -1.59. The summed E-state index contributed by atoms with van der Waals surface area (Å²) in [5, 5.41) is 3.10. The van der Waals surface area contributed by atoms with Crippen LogP contribution in [-0.2, 0) is 4.74 Å². The molecule has 1 heterocycles. The van der Waals surface area contributed by atoms with Crippen LogP contribution in [0.15, 0.2) is 53.3 Å². The zero-order valence-electron chi connectivity index (χ0n) is 22.0. The Kier molecular flexibility index (Phi) is 12.4. The Balaban J connectivity index is 2.21. The van der Waals surface area contributed by atoms with E-state index >= 15 is 0 Å². The summed E-state index contributed by atoms with van der Waals surface area (Å²) in [5.74, 6) is 0.696. The van der Waals surface area contributed by atoms with Crippen LogP contribution in [0.25, 0.3) is 0 Å². The van der Waals surface area contributed by atoms with Crippen LogP contribution in [0.5, 0.6) is 0 Å². The van der Waals surface area contributed by atoms with Crippen LogP contribution < -0.4 is 5.19 Å². The third-order valence-electron chi connectivity index (χ3n) is 8.00. The Hall–Kier alpha value is -0.324. The molecule has 0 aromatic heterocycles. The summed E-state index contributed by atoms with van der Waals surface area (Å²) in [5.41, 5.74) is 1.59. The van der Waals surface area contributed by atoms with Gasteiger partial charge in [-0.25, -0.2) is 0 Å². The molecule has 0 aliphatic carbocycles. The van der Waals surface area contributed by atoms with Gasteiger partial charge in [0.2, 0.25) is 0 Å². The van der Waals surface area contributed by atoms with Crippen LogP contribution in [-0.4, -0.2) is 39.7 Å². The van der Waals surface area contributed by atoms with Gasteiger partial charge in [0, 0.05) is 0 Å². The van der Waals surface area contributed by atoms with E-state index in [9.17, 15) is 0 Å². The molecular formula is C29H50OSiSn. The fourth-order valence-corrected chi connectivity index (χ4v) is 24.7. The number of allylic oxidation sites excluding steroid dienone is 3. The van der Waals surface area contributed by atoms with Gasteiger partial charge in [-0.05, 0) is 0 Å². The average molecular weight is 562 g/mol. The monoisotopic (exact) mass is 562 g/mol. The van der Waals surface area contributed by atoms with E-state index in [2.05, 4.69) is 83.3 Å². The third-order valence-corrected chi connectivity index (χ3v) is 27.9. The fraction of sp³-hybridized carbons (Fsp3) is 0.655. The summed E-state index contributed by atoms with van der Waals surface area (Å²) in [4.78, 5) is 0. The molecule has 0 spiro atoms. The standard InChI is InChI=1S/C17H23OSi.3C4H9.Sn/c1-14-12-18-13-16(14)11-10-15(2)19(3,4)17-8-6-5-7-9-17;3*1-3-4-2;/h5-11,14H,1,12-13H2,2-4H3;3*1,3-4H2,2H3;/b15-10+,16-11+;;;;. The van der Waals surface area contributed by atoms with Gasteiger partial charge in [0.15, 0.2) is 0 Å². The Labute approximate surface area is 205 Å². The first-order valence-corrected chi connectivity index (χ1v) is 24.5. The minimum atomic E-state index is -2.14. The summed E-state index contributed by atoms with van der Waals surface area (Å²) in [6.07, 6.45) is 13.4. The topological polar surface area (TPSA) is 9.23 Å². The molecule has 0 radical (unpaired) electrons. The van der Waals surface area contributed by atoms with Crippen LogP contribution in [0, 0.1) is 5.92 Å². The van der Waals surface area contributed by atoms with Crippen molar-refractivity contribution >= 4 is 31.6 Å². The van der Waals surface area contributed by atoms with E-state index in [1.54, 1.807) is 24.1 Å².